The third-order valence-electron chi connectivity index (χ3n) is 1.50. The van der Waals surface area contributed by atoms with Gasteiger partial charge in [0.2, 0.25) is 0 Å². The summed E-state index contributed by atoms with van der Waals surface area (Å²) in [6.07, 6.45) is 10.0. The fourth-order valence-corrected chi connectivity index (χ4v) is 0.847. The lowest BCUT2D eigenvalue weighted by Gasteiger charge is -1.91. The first-order chi connectivity index (χ1) is 6.24. The van der Waals surface area contributed by atoms with Gasteiger partial charge in [0.15, 0.2) is 5.78 Å². The monoisotopic (exact) mass is 176 g/mol. The van der Waals surface area contributed by atoms with E-state index in [1.165, 1.54) is 0 Å². The second kappa shape index (κ2) is 7.29. The number of ketones is 1. The number of carbonyl (C=O) groups excluding carboxylic acids is 1. The van der Waals surface area contributed by atoms with Gasteiger partial charge in [0.1, 0.15) is 0 Å². The van der Waals surface area contributed by atoms with Crippen molar-refractivity contribution < 1.29 is 4.79 Å². The van der Waals surface area contributed by atoms with E-state index in [0.717, 1.165) is 12.0 Å². The number of allylic oxidation sites excluding steroid dienone is 6. The van der Waals surface area contributed by atoms with Crippen molar-refractivity contribution >= 4 is 5.78 Å². The first-order valence-corrected chi connectivity index (χ1v) is 4.40. The lowest BCUT2D eigenvalue weighted by molar-refractivity contribution is -0.114. The molecule has 0 amide bonds. The number of hydrogen-bond donors (Lipinski definition) is 0. The summed E-state index contributed by atoms with van der Waals surface area (Å²) in [5, 5.41) is 0. The van der Waals surface area contributed by atoms with E-state index in [-0.39, 0.29) is 5.78 Å². The average molecular weight is 176 g/mol. The molecule has 0 bridgehead atoms. The lowest BCUT2D eigenvalue weighted by Crippen LogP contribution is -1.89. The first-order valence-electron chi connectivity index (χ1n) is 4.40. The van der Waals surface area contributed by atoms with E-state index in [1.54, 1.807) is 24.3 Å². The normalized spacial score (nSPS) is 11.6. The van der Waals surface area contributed by atoms with Gasteiger partial charge in [0.05, 0.1) is 0 Å². The Kier molecular flexibility index (Phi) is 6.52. The molecule has 0 aromatic carbocycles. The topological polar surface area (TPSA) is 17.1 Å². The fourth-order valence-electron chi connectivity index (χ4n) is 0.847. The highest BCUT2D eigenvalue weighted by molar-refractivity contribution is 5.90. The molecule has 0 saturated carbocycles. The lowest BCUT2D eigenvalue weighted by atomic mass is 10.1. The average Bonchev–Trinajstić information content (AvgIpc) is 2.12. The van der Waals surface area contributed by atoms with E-state index in [0.29, 0.717) is 6.42 Å². The van der Waals surface area contributed by atoms with Gasteiger partial charge in [-0.05, 0) is 18.1 Å². The molecule has 0 aliphatic heterocycles. The van der Waals surface area contributed by atoms with Crippen molar-refractivity contribution in [1.82, 2.24) is 0 Å². The van der Waals surface area contributed by atoms with E-state index in [1.807, 2.05) is 13.0 Å². The molecule has 1 nitrogen and oxygen atoms in total. The van der Waals surface area contributed by atoms with Crippen molar-refractivity contribution in [2.45, 2.75) is 19.8 Å². The number of hydrogen-bond acceptors (Lipinski definition) is 1. The summed E-state index contributed by atoms with van der Waals surface area (Å²) in [4.78, 5) is 11.1. The Morgan fingerprint density at radius 1 is 1.31 bits per heavy atom. The summed E-state index contributed by atoms with van der Waals surface area (Å²) < 4.78 is 0. The molecule has 0 saturated heterocycles. The highest BCUT2D eigenvalue weighted by Gasteiger charge is 1.92. The molecule has 1 heteroatoms. The van der Waals surface area contributed by atoms with Crippen LogP contribution in [-0.2, 0) is 4.79 Å². The van der Waals surface area contributed by atoms with Crippen LogP contribution in [0.3, 0.4) is 0 Å². The number of rotatable bonds is 6. The van der Waals surface area contributed by atoms with Gasteiger partial charge < -0.3 is 0 Å². The van der Waals surface area contributed by atoms with E-state index >= 15 is 0 Å². The minimum absolute atomic E-state index is 0.152. The third-order valence-corrected chi connectivity index (χ3v) is 1.50. The van der Waals surface area contributed by atoms with Crippen LogP contribution in [0.25, 0.3) is 0 Å². The van der Waals surface area contributed by atoms with Crippen molar-refractivity contribution in [2.75, 3.05) is 0 Å². The second-order valence-corrected chi connectivity index (χ2v) is 2.66. The van der Waals surface area contributed by atoms with Gasteiger partial charge in [-0.2, -0.15) is 0 Å². The molecule has 0 heterocycles. The quantitative estimate of drug-likeness (QED) is 0.448. The Morgan fingerprint density at radius 2 is 2.00 bits per heavy atom. The van der Waals surface area contributed by atoms with Crippen molar-refractivity contribution in [1.29, 1.82) is 0 Å². The van der Waals surface area contributed by atoms with Crippen LogP contribution >= 0.6 is 0 Å². The molecule has 0 fully saturated rings. The molecule has 0 unspecified atom stereocenters. The Morgan fingerprint density at radius 3 is 2.46 bits per heavy atom. The van der Waals surface area contributed by atoms with E-state index in [2.05, 4.69) is 13.2 Å². The van der Waals surface area contributed by atoms with Gasteiger partial charge in [-0.15, -0.1) is 0 Å². The maximum Gasteiger partial charge on any atom is 0.155 e. The minimum atomic E-state index is 0.152. The molecule has 0 N–H and O–H groups in total. The smallest absolute Gasteiger partial charge is 0.155 e. The van der Waals surface area contributed by atoms with Crippen LogP contribution in [0.15, 0.2) is 49.1 Å². The molecule has 0 aromatic heterocycles. The van der Waals surface area contributed by atoms with Crippen molar-refractivity contribution in [3.05, 3.63) is 49.1 Å². The van der Waals surface area contributed by atoms with E-state index < -0.39 is 0 Å². The molecule has 0 radical (unpaired) electrons. The SMILES string of the molecule is C=C/C=C(C=C)/C=C/C(=O)CCC. The molecular weight excluding hydrogens is 160 g/mol. The zero-order valence-electron chi connectivity index (χ0n) is 8.12. The van der Waals surface area contributed by atoms with E-state index in [4.69, 9.17) is 0 Å². The molecule has 0 aliphatic carbocycles. The van der Waals surface area contributed by atoms with Crippen LogP contribution < -0.4 is 0 Å². The maximum atomic E-state index is 11.1. The Labute approximate surface area is 80.2 Å². The molecule has 0 aliphatic rings. The van der Waals surface area contributed by atoms with Crippen molar-refractivity contribution in [2.24, 2.45) is 0 Å². The van der Waals surface area contributed by atoms with Crippen LogP contribution in [0.4, 0.5) is 0 Å². The molecule has 0 atom stereocenters. The predicted molar refractivity (Wildman–Crippen MR) is 57.5 cm³/mol. The highest BCUT2D eigenvalue weighted by atomic mass is 16.1. The summed E-state index contributed by atoms with van der Waals surface area (Å²) in [6.45, 7) is 9.18. The molecular formula is C12H16O. The summed E-state index contributed by atoms with van der Waals surface area (Å²) in [6, 6.07) is 0. The van der Waals surface area contributed by atoms with E-state index in [9.17, 15) is 4.79 Å². The third kappa shape index (κ3) is 5.85. The fraction of sp³-hybridized carbons (Fsp3) is 0.250. The van der Waals surface area contributed by atoms with Gasteiger partial charge in [-0.3, -0.25) is 4.79 Å². The Bertz CT molecular complexity index is 244. The van der Waals surface area contributed by atoms with Crippen molar-refractivity contribution in [3.8, 4) is 0 Å². The summed E-state index contributed by atoms with van der Waals surface area (Å²) in [5.41, 5.74) is 0.902. The summed E-state index contributed by atoms with van der Waals surface area (Å²) in [5.74, 6) is 0.152. The second-order valence-electron chi connectivity index (χ2n) is 2.66. The standard InChI is InChI=1S/C12H16O/c1-4-7-11(6-3)9-10-12(13)8-5-2/h4,6-7,9-10H,1,3,5,8H2,2H3/b10-9+,11-7+. The Hall–Kier alpha value is -1.37. The van der Waals surface area contributed by atoms with Gasteiger partial charge in [0, 0.05) is 6.42 Å². The zero-order valence-corrected chi connectivity index (χ0v) is 8.12. The van der Waals surface area contributed by atoms with Crippen LogP contribution in [-0.4, -0.2) is 5.78 Å². The number of carbonyl (C=O) groups is 1. The molecule has 0 aromatic rings. The molecule has 0 rings (SSSR count). The van der Waals surface area contributed by atoms with Crippen LogP contribution in [0, 0.1) is 0 Å². The zero-order chi connectivity index (χ0) is 10.1. The Balaban J connectivity index is 4.22. The van der Waals surface area contributed by atoms with Gasteiger partial charge in [-0.1, -0.05) is 44.4 Å². The van der Waals surface area contributed by atoms with Crippen LogP contribution in [0.2, 0.25) is 0 Å². The van der Waals surface area contributed by atoms with Gasteiger partial charge in [-0.25, -0.2) is 0 Å². The van der Waals surface area contributed by atoms with Crippen molar-refractivity contribution in [3.63, 3.8) is 0 Å². The largest absolute Gasteiger partial charge is 0.295 e. The first kappa shape index (κ1) is 11.6. The highest BCUT2D eigenvalue weighted by Crippen LogP contribution is 2.00. The predicted octanol–water partition coefficient (Wildman–Crippen LogP) is 3.21. The van der Waals surface area contributed by atoms with Gasteiger partial charge in [0.25, 0.3) is 0 Å². The summed E-state index contributed by atoms with van der Waals surface area (Å²) in [7, 11) is 0. The summed E-state index contributed by atoms with van der Waals surface area (Å²) >= 11 is 0. The van der Waals surface area contributed by atoms with Crippen LogP contribution in [0.1, 0.15) is 19.8 Å². The maximum absolute atomic E-state index is 11.1. The molecule has 0 spiro atoms. The van der Waals surface area contributed by atoms with Gasteiger partial charge >= 0.3 is 0 Å². The van der Waals surface area contributed by atoms with Crippen LogP contribution in [0.5, 0.6) is 0 Å². The minimum Gasteiger partial charge on any atom is -0.295 e. The molecule has 13 heavy (non-hydrogen) atoms. The molecule has 70 valence electrons.